The fraction of sp³-hybridized carbons (Fsp3) is 0.500. The molecular weight excluding hydrogens is 298 g/mol. The van der Waals surface area contributed by atoms with Crippen LogP contribution in [-0.2, 0) is 9.53 Å². The first-order valence-corrected chi connectivity index (χ1v) is 7.75. The zero-order valence-corrected chi connectivity index (χ0v) is 13.2. The van der Waals surface area contributed by atoms with Gasteiger partial charge >= 0.3 is 6.03 Å². The van der Waals surface area contributed by atoms with Crippen LogP contribution in [0.2, 0.25) is 0 Å². The number of rotatable bonds is 2. The normalized spacial score (nSPS) is 21.8. The van der Waals surface area contributed by atoms with Crippen LogP contribution in [0.25, 0.3) is 0 Å². The van der Waals surface area contributed by atoms with Crippen molar-refractivity contribution in [2.45, 2.75) is 6.04 Å². The summed E-state index contributed by atoms with van der Waals surface area (Å²) in [5, 5.41) is 2.84. The van der Waals surface area contributed by atoms with Gasteiger partial charge in [0, 0.05) is 26.2 Å². The Morgan fingerprint density at radius 2 is 1.91 bits per heavy atom. The minimum Gasteiger partial charge on any atom is -0.497 e. The van der Waals surface area contributed by atoms with Crippen molar-refractivity contribution in [2.75, 3.05) is 46.5 Å². The third-order valence-corrected chi connectivity index (χ3v) is 4.17. The molecule has 0 aromatic heterocycles. The third kappa shape index (κ3) is 3.24. The van der Waals surface area contributed by atoms with Crippen LogP contribution in [0.5, 0.6) is 5.75 Å². The first-order valence-electron chi connectivity index (χ1n) is 7.75. The Hall–Kier alpha value is -2.28. The summed E-state index contributed by atoms with van der Waals surface area (Å²) < 4.78 is 10.4. The van der Waals surface area contributed by atoms with Crippen LogP contribution in [0.15, 0.2) is 24.3 Å². The molecule has 7 nitrogen and oxygen atoms in total. The first kappa shape index (κ1) is 15.6. The lowest BCUT2D eigenvalue weighted by Crippen LogP contribution is -2.57. The predicted octanol–water partition coefficient (Wildman–Crippen LogP) is 0.620. The number of hydrogen-bond acceptors (Lipinski definition) is 4. The molecule has 1 aromatic rings. The Bertz CT molecular complexity index is 569. The van der Waals surface area contributed by atoms with E-state index in [1.165, 1.54) is 0 Å². The van der Waals surface area contributed by atoms with Crippen LogP contribution >= 0.6 is 0 Å². The Morgan fingerprint density at radius 1 is 1.22 bits per heavy atom. The topological polar surface area (TPSA) is 71.1 Å². The molecular formula is C16H21N3O4. The van der Waals surface area contributed by atoms with Gasteiger partial charge in [-0.25, -0.2) is 4.79 Å². The predicted molar refractivity (Wildman–Crippen MR) is 83.2 cm³/mol. The van der Waals surface area contributed by atoms with E-state index in [4.69, 9.17) is 9.47 Å². The van der Waals surface area contributed by atoms with Crippen molar-refractivity contribution in [2.24, 2.45) is 0 Å². The molecule has 0 bridgehead atoms. The molecule has 0 spiro atoms. The molecule has 1 aromatic carbocycles. The number of hydrogen-bond donors (Lipinski definition) is 1. The van der Waals surface area contributed by atoms with Crippen LogP contribution in [0.3, 0.4) is 0 Å². The highest BCUT2D eigenvalue weighted by Gasteiger charge is 2.36. The van der Waals surface area contributed by atoms with E-state index >= 15 is 0 Å². The molecule has 1 atom stereocenters. The highest BCUT2D eigenvalue weighted by Crippen LogP contribution is 2.26. The number of carbonyl (C=O) groups excluding carboxylic acids is 2. The van der Waals surface area contributed by atoms with Gasteiger partial charge in [-0.1, -0.05) is 12.1 Å². The molecule has 23 heavy (non-hydrogen) atoms. The minimum atomic E-state index is -0.606. The SMILES string of the molecule is COc1ccc(C2C(=O)NCCN2C(=O)N2CCOCC2)cc1. The van der Waals surface area contributed by atoms with Gasteiger partial charge in [0.1, 0.15) is 11.8 Å². The van der Waals surface area contributed by atoms with Crippen LogP contribution in [0.4, 0.5) is 4.79 Å². The molecule has 2 fully saturated rings. The summed E-state index contributed by atoms with van der Waals surface area (Å²) in [6, 6.07) is 6.54. The van der Waals surface area contributed by atoms with Crippen molar-refractivity contribution in [3.63, 3.8) is 0 Å². The Labute approximate surface area is 135 Å². The standard InChI is InChI=1S/C16H21N3O4/c1-22-13-4-2-12(3-5-13)14-15(20)17-6-7-19(14)16(21)18-8-10-23-11-9-18/h2-5,14H,6-11H2,1H3,(H,17,20). The van der Waals surface area contributed by atoms with Gasteiger partial charge in [-0.15, -0.1) is 0 Å². The maximum atomic E-state index is 12.8. The van der Waals surface area contributed by atoms with E-state index in [0.29, 0.717) is 39.4 Å². The average Bonchev–Trinajstić information content (AvgIpc) is 2.62. The highest BCUT2D eigenvalue weighted by atomic mass is 16.5. The lowest BCUT2D eigenvalue weighted by molar-refractivity contribution is -0.128. The summed E-state index contributed by atoms with van der Waals surface area (Å²) in [6.45, 7) is 3.18. The number of ether oxygens (including phenoxy) is 2. The molecule has 1 unspecified atom stereocenters. The number of nitrogens with one attached hydrogen (secondary N) is 1. The van der Waals surface area contributed by atoms with Crippen molar-refractivity contribution >= 4 is 11.9 Å². The van der Waals surface area contributed by atoms with E-state index in [2.05, 4.69) is 5.32 Å². The van der Waals surface area contributed by atoms with E-state index in [1.807, 2.05) is 12.1 Å². The van der Waals surface area contributed by atoms with Crippen LogP contribution in [0.1, 0.15) is 11.6 Å². The molecule has 0 aliphatic carbocycles. The summed E-state index contributed by atoms with van der Waals surface area (Å²) in [5.74, 6) is 0.569. The molecule has 2 heterocycles. The maximum absolute atomic E-state index is 12.8. The summed E-state index contributed by atoms with van der Waals surface area (Å²) >= 11 is 0. The van der Waals surface area contributed by atoms with E-state index < -0.39 is 6.04 Å². The monoisotopic (exact) mass is 319 g/mol. The number of urea groups is 1. The van der Waals surface area contributed by atoms with Gasteiger partial charge < -0.3 is 24.6 Å². The molecule has 0 saturated carbocycles. The van der Waals surface area contributed by atoms with Crippen LogP contribution in [0, 0.1) is 0 Å². The quantitative estimate of drug-likeness (QED) is 0.867. The lowest BCUT2D eigenvalue weighted by Gasteiger charge is -2.39. The number of piperazine rings is 1. The van der Waals surface area contributed by atoms with Gasteiger partial charge in [0.2, 0.25) is 5.91 Å². The van der Waals surface area contributed by atoms with Gasteiger partial charge in [-0.2, -0.15) is 0 Å². The second-order valence-corrected chi connectivity index (χ2v) is 5.54. The molecule has 0 radical (unpaired) electrons. The first-order chi connectivity index (χ1) is 11.2. The van der Waals surface area contributed by atoms with Gasteiger partial charge in [-0.05, 0) is 17.7 Å². The fourth-order valence-corrected chi connectivity index (χ4v) is 2.93. The molecule has 3 amide bonds. The number of benzene rings is 1. The van der Waals surface area contributed by atoms with Crippen molar-refractivity contribution in [1.82, 2.24) is 15.1 Å². The van der Waals surface area contributed by atoms with E-state index in [1.54, 1.807) is 29.0 Å². The number of amides is 3. The van der Waals surface area contributed by atoms with Gasteiger partial charge in [0.15, 0.2) is 0 Å². The van der Waals surface area contributed by atoms with Gasteiger partial charge in [0.25, 0.3) is 0 Å². The summed E-state index contributed by atoms with van der Waals surface area (Å²) in [5.41, 5.74) is 0.782. The van der Waals surface area contributed by atoms with Crippen molar-refractivity contribution < 1.29 is 19.1 Å². The van der Waals surface area contributed by atoms with Crippen LogP contribution in [-0.4, -0.2) is 68.2 Å². The zero-order chi connectivity index (χ0) is 16.2. The largest absolute Gasteiger partial charge is 0.497 e. The Kier molecular flexibility index (Phi) is 4.66. The van der Waals surface area contributed by atoms with Gasteiger partial charge in [0.05, 0.1) is 20.3 Å². The molecule has 7 heteroatoms. The third-order valence-electron chi connectivity index (χ3n) is 4.17. The van der Waals surface area contributed by atoms with Crippen molar-refractivity contribution in [3.05, 3.63) is 29.8 Å². The van der Waals surface area contributed by atoms with E-state index in [9.17, 15) is 9.59 Å². The Morgan fingerprint density at radius 3 is 2.57 bits per heavy atom. The van der Waals surface area contributed by atoms with E-state index in [-0.39, 0.29) is 11.9 Å². The second kappa shape index (κ2) is 6.87. The molecule has 1 N–H and O–H groups in total. The second-order valence-electron chi connectivity index (χ2n) is 5.54. The number of carbonyl (C=O) groups is 2. The lowest BCUT2D eigenvalue weighted by atomic mass is 10.0. The average molecular weight is 319 g/mol. The number of morpholine rings is 1. The molecule has 2 aliphatic heterocycles. The fourth-order valence-electron chi connectivity index (χ4n) is 2.93. The molecule has 3 rings (SSSR count). The summed E-state index contributed by atoms with van der Waals surface area (Å²) in [7, 11) is 1.59. The smallest absolute Gasteiger partial charge is 0.321 e. The summed E-state index contributed by atoms with van der Waals surface area (Å²) in [4.78, 5) is 28.6. The molecule has 2 aliphatic rings. The summed E-state index contributed by atoms with van der Waals surface area (Å²) in [6.07, 6.45) is 0. The van der Waals surface area contributed by atoms with Crippen LogP contribution < -0.4 is 10.1 Å². The van der Waals surface area contributed by atoms with Gasteiger partial charge in [-0.3, -0.25) is 4.79 Å². The number of nitrogens with zero attached hydrogens (tertiary/aromatic N) is 2. The maximum Gasteiger partial charge on any atom is 0.321 e. The Balaban J connectivity index is 1.83. The molecule has 2 saturated heterocycles. The van der Waals surface area contributed by atoms with E-state index in [0.717, 1.165) is 11.3 Å². The van der Waals surface area contributed by atoms with Crippen molar-refractivity contribution in [1.29, 1.82) is 0 Å². The highest BCUT2D eigenvalue weighted by molar-refractivity contribution is 5.89. The molecule has 124 valence electrons. The van der Waals surface area contributed by atoms with Crippen molar-refractivity contribution in [3.8, 4) is 5.75 Å². The minimum absolute atomic E-state index is 0.107. The zero-order valence-electron chi connectivity index (χ0n) is 13.2. The number of methoxy groups -OCH3 is 1.